The van der Waals surface area contributed by atoms with Crippen molar-refractivity contribution in [1.82, 2.24) is 35.7 Å². The smallest absolute Gasteiger partial charge is 0.391 e. The summed E-state index contributed by atoms with van der Waals surface area (Å²) in [5, 5.41) is 15.4. The molecule has 2 aromatic heterocycles. The van der Waals surface area contributed by atoms with Gasteiger partial charge in [0.2, 0.25) is 29.5 Å². The molecule has 0 radical (unpaired) electrons. The van der Waals surface area contributed by atoms with E-state index in [0.29, 0.717) is 67.2 Å². The number of ether oxygens (including phenoxy) is 1. The van der Waals surface area contributed by atoms with Crippen LogP contribution >= 0.6 is 11.3 Å². The van der Waals surface area contributed by atoms with Crippen LogP contribution in [0.15, 0.2) is 72.9 Å². The summed E-state index contributed by atoms with van der Waals surface area (Å²) in [6, 6.07) is 16.2. The molecule has 2 saturated carbocycles. The molecule has 76 heavy (non-hydrogen) atoms. The van der Waals surface area contributed by atoms with Gasteiger partial charge < -0.3 is 41.1 Å². The van der Waals surface area contributed by atoms with Gasteiger partial charge in [-0.25, -0.2) is 9.97 Å². The zero-order valence-electron chi connectivity index (χ0n) is 43.7. The Morgan fingerprint density at radius 2 is 1.64 bits per heavy atom. The van der Waals surface area contributed by atoms with Gasteiger partial charge in [0, 0.05) is 44.2 Å². The zero-order chi connectivity index (χ0) is 54.4. The lowest BCUT2D eigenvalue weighted by molar-refractivity contribution is -0.183. The SMILES string of the molecule is CN[C@@H](C)C(=O)N[C@H](C(=O)N1CCC[C@H]1C(=O)Nc1sc(NC(=O)CCCN(C)C(=O)Cc2cccc(CNC(=O)c3cc(/C=C/[C@H]4CC[C@H](C(F)(F)F)CC4)c(OC)cn3)c2)nc1-c1ccccc1)C1CCCCC1. The quantitative estimate of drug-likeness (QED) is 0.0538. The fraction of sp³-hybridized carbons (Fsp3) is 0.500. The lowest BCUT2D eigenvalue weighted by Gasteiger charge is -2.35. The fourth-order valence-corrected chi connectivity index (χ4v) is 11.1. The van der Waals surface area contributed by atoms with Crippen LogP contribution in [-0.2, 0) is 36.9 Å². The molecule has 1 aliphatic heterocycles. The first-order valence-electron chi connectivity index (χ1n) is 26.3. The molecule has 1 saturated heterocycles. The van der Waals surface area contributed by atoms with Gasteiger partial charge in [-0.05, 0) is 101 Å². The summed E-state index contributed by atoms with van der Waals surface area (Å²) in [6.45, 7) is 2.60. The van der Waals surface area contributed by atoms with Gasteiger partial charge in [-0.15, -0.1) is 0 Å². The topological polar surface area (TPSA) is 204 Å². The minimum atomic E-state index is -4.18. The van der Waals surface area contributed by atoms with E-state index in [4.69, 9.17) is 9.72 Å². The highest BCUT2D eigenvalue weighted by Crippen LogP contribution is 2.41. The van der Waals surface area contributed by atoms with Gasteiger partial charge in [-0.2, -0.15) is 13.2 Å². The standard InChI is InChI=1S/C56H70F3N9O7S/c1-35(60-2)50(71)64-49(40-18-9-6-10-19-40)54(74)68-29-12-20-44(68)52(73)66-53-48(39-16-7-5-8-17-39)65-55(76-53)63-46(69)21-13-28-67(3)47(70)31-37-14-11-15-38(30-37)33-62-51(72)43-32-41(45(75-4)34-61-43)25-22-36-23-26-42(27-24-36)56(57,58)59/h5,7-8,11,14-17,22,25,30,32,34-36,40,42,44,49,60H,6,9-10,12-13,18-21,23-24,26-29,31,33H2,1-4H3,(H,62,72)(H,64,71)(H,66,73)(H,63,65,69)/b25-22+/t35-,36-,42-,44-,49-/m0/s1. The van der Waals surface area contributed by atoms with Gasteiger partial charge in [0.1, 0.15) is 34.2 Å². The molecule has 408 valence electrons. The molecule has 5 N–H and O–H groups in total. The highest BCUT2D eigenvalue weighted by Gasteiger charge is 2.42. The van der Waals surface area contributed by atoms with E-state index in [1.54, 1.807) is 49.0 Å². The third-order valence-corrected chi connectivity index (χ3v) is 15.6. The van der Waals surface area contributed by atoms with Crippen molar-refractivity contribution in [3.05, 3.63) is 95.3 Å². The van der Waals surface area contributed by atoms with Crippen molar-refractivity contribution < 1.29 is 46.7 Å². The summed E-state index contributed by atoms with van der Waals surface area (Å²) < 4.78 is 44.9. The van der Waals surface area contributed by atoms with Crippen LogP contribution in [0.1, 0.15) is 118 Å². The van der Waals surface area contributed by atoms with E-state index in [1.165, 1.54) is 13.3 Å². The maximum Gasteiger partial charge on any atom is 0.391 e. The predicted octanol–water partition coefficient (Wildman–Crippen LogP) is 8.55. The monoisotopic (exact) mass is 1070 g/mol. The number of likely N-dealkylation sites (N-methyl/N-ethyl adjacent to an activating group) is 2. The van der Waals surface area contributed by atoms with E-state index in [-0.39, 0.29) is 84.4 Å². The number of carbonyl (C=O) groups excluding carboxylic acids is 6. The van der Waals surface area contributed by atoms with E-state index in [1.807, 2.05) is 54.6 Å². The molecule has 3 aliphatic rings. The Morgan fingerprint density at radius 3 is 2.36 bits per heavy atom. The maximum absolute atomic E-state index is 14.3. The number of thiazole rings is 1. The number of halogens is 3. The van der Waals surface area contributed by atoms with Crippen molar-refractivity contribution >= 4 is 63.0 Å². The van der Waals surface area contributed by atoms with Gasteiger partial charge in [-0.3, -0.25) is 28.8 Å². The van der Waals surface area contributed by atoms with E-state index < -0.39 is 36.1 Å². The number of hydrogen-bond acceptors (Lipinski definition) is 11. The highest BCUT2D eigenvalue weighted by molar-refractivity contribution is 7.20. The minimum Gasteiger partial charge on any atom is -0.495 e. The average molecular weight is 1070 g/mol. The number of anilines is 2. The second kappa shape index (κ2) is 26.9. The number of carbonyl (C=O) groups is 6. The number of methoxy groups -OCH3 is 1. The third-order valence-electron chi connectivity index (χ3n) is 14.8. The lowest BCUT2D eigenvalue weighted by Crippen LogP contribution is -2.57. The Balaban J connectivity index is 0.893. The molecule has 3 fully saturated rings. The summed E-state index contributed by atoms with van der Waals surface area (Å²) in [4.78, 5) is 93.5. The Morgan fingerprint density at radius 1 is 0.908 bits per heavy atom. The largest absolute Gasteiger partial charge is 0.495 e. The maximum atomic E-state index is 14.3. The number of alkyl halides is 3. The van der Waals surface area contributed by atoms with Gasteiger partial charge >= 0.3 is 6.18 Å². The lowest BCUT2D eigenvalue weighted by atomic mass is 9.81. The van der Waals surface area contributed by atoms with Crippen LogP contribution in [0, 0.1) is 17.8 Å². The second-order valence-electron chi connectivity index (χ2n) is 20.1. The molecule has 0 bridgehead atoms. The Kier molecular flexibility index (Phi) is 20.2. The first-order valence-corrected chi connectivity index (χ1v) is 27.2. The number of aromatic nitrogens is 2. The third kappa shape index (κ3) is 15.5. The molecular weight excluding hydrogens is 1000 g/mol. The molecule has 0 unspecified atom stereocenters. The van der Waals surface area contributed by atoms with Crippen LogP contribution < -0.4 is 31.3 Å². The number of pyridine rings is 1. The van der Waals surface area contributed by atoms with Crippen LogP contribution in [0.2, 0.25) is 0 Å². The summed E-state index contributed by atoms with van der Waals surface area (Å²) in [7, 11) is 4.84. The van der Waals surface area contributed by atoms with Crippen molar-refractivity contribution in [2.24, 2.45) is 17.8 Å². The number of nitrogens with one attached hydrogen (secondary N) is 5. The van der Waals surface area contributed by atoms with Gasteiger partial charge in [0.25, 0.3) is 5.91 Å². The molecule has 20 heteroatoms. The first-order chi connectivity index (χ1) is 36.5. The van der Waals surface area contributed by atoms with Crippen LogP contribution in [0.5, 0.6) is 5.75 Å². The van der Waals surface area contributed by atoms with Crippen LogP contribution in [-0.4, -0.2) is 114 Å². The van der Waals surface area contributed by atoms with Gasteiger partial charge in [-0.1, -0.05) is 97.3 Å². The number of hydrogen-bond donors (Lipinski definition) is 5. The molecule has 7 rings (SSSR count). The minimum absolute atomic E-state index is 0.0125. The fourth-order valence-electron chi connectivity index (χ4n) is 10.2. The van der Waals surface area contributed by atoms with Crippen LogP contribution in [0.25, 0.3) is 17.3 Å². The summed E-state index contributed by atoms with van der Waals surface area (Å²) >= 11 is 1.12. The van der Waals surface area contributed by atoms with Crippen molar-refractivity contribution in [3.63, 3.8) is 0 Å². The van der Waals surface area contributed by atoms with E-state index in [2.05, 4.69) is 31.6 Å². The number of nitrogens with zero attached hydrogens (tertiary/aromatic N) is 4. The van der Waals surface area contributed by atoms with Crippen molar-refractivity contribution in [3.8, 4) is 17.0 Å². The highest BCUT2D eigenvalue weighted by atomic mass is 32.1. The molecule has 3 heterocycles. The van der Waals surface area contributed by atoms with E-state index in [0.717, 1.165) is 60.1 Å². The summed E-state index contributed by atoms with van der Waals surface area (Å²) in [5.41, 5.74) is 3.42. The van der Waals surface area contributed by atoms with Gasteiger partial charge in [0.15, 0.2) is 5.13 Å². The van der Waals surface area contributed by atoms with Crippen LogP contribution in [0.3, 0.4) is 0 Å². The normalized spacial score (nSPS) is 18.9. The molecule has 16 nitrogen and oxygen atoms in total. The molecule has 2 aromatic carbocycles. The summed E-state index contributed by atoms with van der Waals surface area (Å²) in [5.74, 6) is -2.66. The Hall–Kier alpha value is -6.67. The Bertz CT molecular complexity index is 2690. The molecule has 2 aliphatic carbocycles. The number of benzene rings is 2. The van der Waals surface area contributed by atoms with E-state index in [9.17, 15) is 41.9 Å². The number of allylic oxidation sites excluding steroid dienone is 1. The molecule has 4 aromatic rings. The van der Waals surface area contributed by atoms with Gasteiger partial charge in [0.05, 0.1) is 31.7 Å². The molecule has 0 spiro atoms. The number of amides is 6. The molecule has 3 atom stereocenters. The van der Waals surface area contributed by atoms with Crippen LogP contribution in [0.4, 0.5) is 23.3 Å². The zero-order valence-corrected chi connectivity index (χ0v) is 44.5. The average Bonchev–Trinajstić information content (AvgIpc) is 4.09. The first kappa shape index (κ1) is 57.0. The molecular formula is C56H70F3N9O7S. The Labute approximate surface area is 446 Å². The van der Waals surface area contributed by atoms with Crippen molar-refractivity contribution in [2.45, 2.75) is 128 Å². The molecule has 6 amide bonds. The predicted molar refractivity (Wildman–Crippen MR) is 286 cm³/mol. The van der Waals surface area contributed by atoms with Crippen molar-refractivity contribution in [1.29, 1.82) is 0 Å². The van der Waals surface area contributed by atoms with Crippen molar-refractivity contribution in [2.75, 3.05) is 44.9 Å². The summed E-state index contributed by atoms with van der Waals surface area (Å²) in [6.07, 6.45) is 8.26. The number of rotatable bonds is 21. The second-order valence-corrected chi connectivity index (χ2v) is 21.1. The van der Waals surface area contributed by atoms with E-state index >= 15 is 0 Å². The number of likely N-dealkylation sites (tertiary alicyclic amines) is 1.